The fourth-order valence-corrected chi connectivity index (χ4v) is 2.90. The van der Waals surface area contributed by atoms with Gasteiger partial charge in [-0.25, -0.2) is 0 Å². The maximum Gasteiger partial charge on any atom is 0.199 e. The van der Waals surface area contributed by atoms with Crippen LogP contribution in [0, 0.1) is 20.8 Å². The van der Waals surface area contributed by atoms with Crippen molar-refractivity contribution in [2.75, 3.05) is 6.61 Å². The Labute approximate surface area is 142 Å². The molecule has 1 saturated heterocycles. The molecule has 1 atom stereocenters. The summed E-state index contributed by atoms with van der Waals surface area (Å²) in [6, 6.07) is 9.41. The molecule has 0 aliphatic carbocycles. The van der Waals surface area contributed by atoms with E-state index in [1.165, 1.54) is 0 Å². The Bertz CT molecular complexity index is 788. The van der Waals surface area contributed by atoms with E-state index in [4.69, 9.17) is 9.47 Å². The number of pyridine rings is 1. The standard InChI is InChI=1S/C20H23NO3/c1-14-6-7-17(13-19(14)24-20-5-4-10-23-20)8-9-21-15(2)11-18(22)12-16(21)3/h6-9,11-13,20H,4-5,10H2,1-3H3/b9-8+. The van der Waals surface area contributed by atoms with Crippen LogP contribution in [-0.4, -0.2) is 17.5 Å². The van der Waals surface area contributed by atoms with Crippen LogP contribution in [0.25, 0.3) is 12.3 Å². The maximum absolute atomic E-state index is 11.5. The Balaban J connectivity index is 1.83. The molecule has 0 bridgehead atoms. The molecular weight excluding hydrogens is 302 g/mol. The number of ether oxygens (including phenoxy) is 2. The van der Waals surface area contributed by atoms with Crippen molar-refractivity contribution in [2.24, 2.45) is 0 Å². The highest BCUT2D eigenvalue weighted by atomic mass is 16.7. The second kappa shape index (κ2) is 7.05. The van der Waals surface area contributed by atoms with E-state index in [9.17, 15) is 4.79 Å². The van der Waals surface area contributed by atoms with Crippen molar-refractivity contribution in [2.45, 2.75) is 39.9 Å². The first-order valence-corrected chi connectivity index (χ1v) is 8.30. The van der Waals surface area contributed by atoms with Gasteiger partial charge in [0.15, 0.2) is 11.7 Å². The second-order valence-electron chi connectivity index (χ2n) is 6.24. The topological polar surface area (TPSA) is 40.5 Å². The minimum Gasteiger partial charge on any atom is -0.465 e. The third kappa shape index (κ3) is 3.77. The molecule has 24 heavy (non-hydrogen) atoms. The summed E-state index contributed by atoms with van der Waals surface area (Å²) < 4.78 is 13.5. The lowest BCUT2D eigenvalue weighted by molar-refractivity contribution is -0.0394. The van der Waals surface area contributed by atoms with Crippen molar-refractivity contribution in [3.8, 4) is 5.75 Å². The minimum atomic E-state index is -0.133. The van der Waals surface area contributed by atoms with E-state index >= 15 is 0 Å². The molecule has 2 aromatic rings. The van der Waals surface area contributed by atoms with Crippen molar-refractivity contribution < 1.29 is 9.47 Å². The first-order chi connectivity index (χ1) is 11.5. The number of hydrogen-bond donors (Lipinski definition) is 0. The van der Waals surface area contributed by atoms with E-state index < -0.39 is 0 Å². The van der Waals surface area contributed by atoms with E-state index in [-0.39, 0.29) is 11.7 Å². The summed E-state index contributed by atoms with van der Waals surface area (Å²) in [6.07, 6.45) is 5.85. The lowest BCUT2D eigenvalue weighted by Gasteiger charge is -2.15. The molecule has 1 unspecified atom stereocenters. The molecule has 1 aromatic heterocycles. The number of nitrogens with zero attached hydrogens (tertiary/aromatic N) is 1. The molecular formula is C20H23NO3. The highest BCUT2D eigenvalue weighted by molar-refractivity contribution is 5.63. The van der Waals surface area contributed by atoms with E-state index in [0.29, 0.717) is 0 Å². The molecule has 0 spiro atoms. The quantitative estimate of drug-likeness (QED) is 0.855. The zero-order valence-electron chi connectivity index (χ0n) is 14.4. The average molecular weight is 325 g/mol. The highest BCUT2D eigenvalue weighted by Crippen LogP contribution is 2.25. The van der Waals surface area contributed by atoms with E-state index in [2.05, 4.69) is 12.1 Å². The molecule has 3 rings (SSSR count). The molecule has 4 heteroatoms. The van der Waals surface area contributed by atoms with Crippen LogP contribution in [0.2, 0.25) is 0 Å². The lowest BCUT2D eigenvalue weighted by atomic mass is 10.1. The number of benzene rings is 1. The average Bonchev–Trinajstić information content (AvgIpc) is 3.02. The summed E-state index contributed by atoms with van der Waals surface area (Å²) in [5.74, 6) is 0.859. The van der Waals surface area contributed by atoms with Gasteiger partial charge in [0, 0.05) is 36.1 Å². The number of rotatable bonds is 4. The van der Waals surface area contributed by atoms with Gasteiger partial charge in [0.25, 0.3) is 0 Å². The van der Waals surface area contributed by atoms with Crippen LogP contribution in [0.15, 0.2) is 35.1 Å². The summed E-state index contributed by atoms with van der Waals surface area (Å²) in [5, 5.41) is 0. The third-order valence-corrected chi connectivity index (χ3v) is 4.24. The van der Waals surface area contributed by atoms with Crippen LogP contribution in [-0.2, 0) is 4.74 Å². The molecule has 0 N–H and O–H groups in total. The SMILES string of the molecule is Cc1ccc(/C=C/n2c(C)cc(=O)cc2C)cc1OC1CCCO1. The Hall–Kier alpha value is -2.33. The summed E-state index contributed by atoms with van der Waals surface area (Å²) in [5.41, 5.74) is 4.01. The predicted octanol–water partition coefficient (Wildman–Crippen LogP) is 3.92. The van der Waals surface area contributed by atoms with E-state index in [0.717, 1.165) is 47.7 Å². The Kier molecular flexibility index (Phi) is 4.86. The normalized spacial score (nSPS) is 17.5. The summed E-state index contributed by atoms with van der Waals surface area (Å²) >= 11 is 0. The molecule has 0 radical (unpaired) electrons. The molecule has 1 aromatic carbocycles. The Morgan fingerprint density at radius 2 is 1.92 bits per heavy atom. The molecule has 1 aliphatic heterocycles. The van der Waals surface area contributed by atoms with Gasteiger partial charge in [-0.05, 0) is 50.5 Å². The Morgan fingerprint density at radius 3 is 2.58 bits per heavy atom. The minimum absolute atomic E-state index is 0.0391. The number of hydrogen-bond acceptors (Lipinski definition) is 3. The highest BCUT2D eigenvalue weighted by Gasteiger charge is 2.17. The van der Waals surface area contributed by atoms with Gasteiger partial charge < -0.3 is 14.0 Å². The predicted molar refractivity (Wildman–Crippen MR) is 96.2 cm³/mol. The van der Waals surface area contributed by atoms with Gasteiger partial charge in [-0.15, -0.1) is 0 Å². The summed E-state index contributed by atoms with van der Waals surface area (Å²) in [4.78, 5) is 11.5. The first kappa shape index (κ1) is 16.5. The van der Waals surface area contributed by atoms with Gasteiger partial charge in [-0.2, -0.15) is 0 Å². The fourth-order valence-electron chi connectivity index (χ4n) is 2.90. The molecule has 4 nitrogen and oxygen atoms in total. The van der Waals surface area contributed by atoms with Crippen LogP contribution < -0.4 is 10.2 Å². The van der Waals surface area contributed by atoms with Crippen LogP contribution in [0.3, 0.4) is 0 Å². The molecule has 0 amide bonds. The Morgan fingerprint density at radius 1 is 1.17 bits per heavy atom. The van der Waals surface area contributed by atoms with Gasteiger partial charge in [-0.3, -0.25) is 4.79 Å². The summed E-state index contributed by atoms with van der Waals surface area (Å²) in [6.45, 7) is 6.67. The van der Waals surface area contributed by atoms with Crippen LogP contribution in [0.5, 0.6) is 5.75 Å². The smallest absolute Gasteiger partial charge is 0.199 e. The van der Waals surface area contributed by atoms with Gasteiger partial charge in [0.1, 0.15) is 5.75 Å². The van der Waals surface area contributed by atoms with Gasteiger partial charge >= 0.3 is 0 Å². The van der Waals surface area contributed by atoms with Crippen molar-refractivity contribution in [3.05, 3.63) is 63.1 Å². The third-order valence-electron chi connectivity index (χ3n) is 4.24. The maximum atomic E-state index is 11.5. The van der Waals surface area contributed by atoms with Crippen molar-refractivity contribution in [1.29, 1.82) is 0 Å². The van der Waals surface area contributed by atoms with Gasteiger partial charge in [-0.1, -0.05) is 12.1 Å². The van der Waals surface area contributed by atoms with E-state index in [1.807, 2.05) is 43.7 Å². The van der Waals surface area contributed by atoms with E-state index in [1.54, 1.807) is 12.1 Å². The summed E-state index contributed by atoms with van der Waals surface area (Å²) in [7, 11) is 0. The van der Waals surface area contributed by atoms with Crippen LogP contribution in [0.4, 0.5) is 0 Å². The monoisotopic (exact) mass is 325 g/mol. The molecule has 1 fully saturated rings. The molecule has 126 valence electrons. The van der Waals surface area contributed by atoms with Crippen LogP contribution in [0.1, 0.15) is 35.4 Å². The first-order valence-electron chi connectivity index (χ1n) is 8.30. The second-order valence-corrected chi connectivity index (χ2v) is 6.24. The molecule has 0 saturated carbocycles. The fraction of sp³-hybridized carbons (Fsp3) is 0.350. The lowest BCUT2D eigenvalue weighted by Crippen LogP contribution is -2.14. The van der Waals surface area contributed by atoms with Crippen molar-refractivity contribution >= 4 is 12.3 Å². The van der Waals surface area contributed by atoms with Crippen LogP contribution >= 0.6 is 0 Å². The largest absolute Gasteiger partial charge is 0.465 e. The number of aromatic nitrogens is 1. The van der Waals surface area contributed by atoms with Crippen molar-refractivity contribution in [3.63, 3.8) is 0 Å². The zero-order valence-corrected chi connectivity index (χ0v) is 14.4. The number of aryl methyl sites for hydroxylation is 3. The zero-order chi connectivity index (χ0) is 17.1. The van der Waals surface area contributed by atoms with Gasteiger partial charge in [0.2, 0.25) is 0 Å². The van der Waals surface area contributed by atoms with Crippen molar-refractivity contribution in [1.82, 2.24) is 4.57 Å². The van der Waals surface area contributed by atoms with Gasteiger partial charge in [0.05, 0.1) is 6.61 Å². The molecule has 1 aliphatic rings. The molecule has 2 heterocycles.